The van der Waals surface area contributed by atoms with E-state index < -0.39 is 0 Å². The van der Waals surface area contributed by atoms with Crippen LogP contribution in [0.2, 0.25) is 0 Å². The number of amides is 2. The van der Waals surface area contributed by atoms with E-state index in [0.717, 1.165) is 17.7 Å². The van der Waals surface area contributed by atoms with Gasteiger partial charge < -0.3 is 20.1 Å². The van der Waals surface area contributed by atoms with E-state index in [1.54, 1.807) is 11.3 Å². The summed E-state index contributed by atoms with van der Waals surface area (Å²) in [5.41, 5.74) is 0. The van der Waals surface area contributed by atoms with Crippen molar-refractivity contribution in [2.24, 2.45) is 0 Å². The summed E-state index contributed by atoms with van der Waals surface area (Å²) in [5, 5.41) is 7.70. The van der Waals surface area contributed by atoms with Gasteiger partial charge in [-0.05, 0) is 24.3 Å². The van der Waals surface area contributed by atoms with E-state index in [4.69, 9.17) is 9.47 Å². The zero-order valence-electron chi connectivity index (χ0n) is 12.1. The molecule has 2 N–H and O–H groups in total. The second kappa shape index (κ2) is 6.77. The summed E-state index contributed by atoms with van der Waals surface area (Å²) in [6, 6.07) is 3.83. The highest BCUT2D eigenvalue weighted by molar-refractivity contribution is 7.09. The number of hydrogen-bond donors (Lipinski definition) is 2. The van der Waals surface area contributed by atoms with Crippen molar-refractivity contribution in [1.29, 1.82) is 0 Å². The van der Waals surface area contributed by atoms with Gasteiger partial charge in [-0.1, -0.05) is 12.5 Å². The van der Waals surface area contributed by atoms with E-state index in [2.05, 4.69) is 10.6 Å². The van der Waals surface area contributed by atoms with Crippen molar-refractivity contribution in [1.82, 2.24) is 10.6 Å². The van der Waals surface area contributed by atoms with E-state index in [0.29, 0.717) is 19.7 Å². The first kappa shape index (κ1) is 14.8. The molecule has 21 heavy (non-hydrogen) atoms. The monoisotopic (exact) mass is 310 g/mol. The molecule has 0 bridgehead atoms. The Hall–Kier alpha value is -1.11. The molecule has 1 saturated carbocycles. The number of carbonyl (C=O) groups is 1. The quantitative estimate of drug-likeness (QED) is 0.899. The molecule has 1 atom stereocenters. The zero-order chi connectivity index (χ0) is 14.5. The Balaban J connectivity index is 1.36. The molecule has 2 aliphatic rings. The van der Waals surface area contributed by atoms with Gasteiger partial charge in [-0.25, -0.2) is 4.79 Å². The Morgan fingerprint density at radius 1 is 1.33 bits per heavy atom. The molecule has 5 nitrogen and oxygen atoms in total. The van der Waals surface area contributed by atoms with Crippen molar-refractivity contribution < 1.29 is 14.3 Å². The molecule has 6 heteroatoms. The molecule has 1 aliphatic carbocycles. The SMILES string of the molecule is O=C(NCc1cccs1)NCC1COC2(CCCCC2)O1. The number of hydrogen-bond acceptors (Lipinski definition) is 4. The number of urea groups is 1. The van der Waals surface area contributed by atoms with E-state index in [1.165, 1.54) is 19.3 Å². The van der Waals surface area contributed by atoms with Crippen molar-refractivity contribution in [2.45, 2.75) is 50.5 Å². The topological polar surface area (TPSA) is 59.6 Å². The molecule has 2 heterocycles. The van der Waals surface area contributed by atoms with Crippen LogP contribution in [-0.4, -0.2) is 31.1 Å². The summed E-state index contributed by atoms with van der Waals surface area (Å²) in [4.78, 5) is 12.9. The molecular formula is C15H22N2O3S. The number of thiophene rings is 1. The normalized spacial score (nSPS) is 24.1. The lowest BCUT2D eigenvalue weighted by molar-refractivity contribution is -0.186. The largest absolute Gasteiger partial charge is 0.347 e. The Labute approximate surface area is 129 Å². The molecule has 1 saturated heterocycles. The van der Waals surface area contributed by atoms with Gasteiger partial charge in [0, 0.05) is 24.3 Å². The molecule has 1 aliphatic heterocycles. The predicted molar refractivity (Wildman–Crippen MR) is 81.2 cm³/mol. The molecule has 1 aromatic rings. The smallest absolute Gasteiger partial charge is 0.315 e. The van der Waals surface area contributed by atoms with Crippen molar-refractivity contribution >= 4 is 17.4 Å². The maximum Gasteiger partial charge on any atom is 0.315 e. The van der Waals surface area contributed by atoms with Crippen LogP contribution in [0.4, 0.5) is 4.79 Å². The summed E-state index contributed by atoms with van der Waals surface area (Å²) in [6.07, 6.45) is 5.53. The van der Waals surface area contributed by atoms with Gasteiger partial charge in [0.15, 0.2) is 5.79 Å². The van der Waals surface area contributed by atoms with E-state index >= 15 is 0 Å². The zero-order valence-corrected chi connectivity index (χ0v) is 12.9. The van der Waals surface area contributed by atoms with Gasteiger partial charge in [0.05, 0.1) is 13.2 Å². The minimum absolute atomic E-state index is 0.0319. The Bertz CT molecular complexity index is 457. The van der Waals surface area contributed by atoms with Crippen LogP contribution in [0.3, 0.4) is 0 Å². The van der Waals surface area contributed by atoms with Crippen LogP contribution in [0.1, 0.15) is 37.0 Å². The van der Waals surface area contributed by atoms with Crippen LogP contribution in [0.15, 0.2) is 17.5 Å². The van der Waals surface area contributed by atoms with Gasteiger partial charge in [-0.3, -0.25) is 0 Å². The lowest BCUT2D eigenvalue weighted by atomic mass is 9.94. The molecular weight excluding hydrogens is 288 g/mol. The Morgan fingerprint density at radius 2 is 2.19 bits per heavy atom. The second-order valence-electron chi connectivity index (χ2n) is 5.67. The van der Waals surface area contributed by atoms with Crippen molar-refractivity contribution in [3.63, 3.8) is 0 Å². The minimum Gasteiger partial charge on any atom is -0.347 e. The third-order valence-electron chi connectivity index (χ3n) is 4.02. The van der Waals surface area contributed by atoms with Crippen LogP contribution in [0.25, 0.3) is 0 Å². The van der Waals surface area contributed by atoms with Gasteiger partial charge in [0.1, 0.15) is 6.10 Å². The first-order valence-electron chi connectivity index (χ1n) is 7.62. The molecule has 2 amide bonds. The van der Waals surface area contributed by atoms with Gasteiger partial charge in [-0.2, -0.15) is 0 Å². The van der Waals surface area contributed by atoms with Crippen molar-refractivity contribution in [3.8, 4) is 0 Å². The van der Waals surface area contributed by atoms with Crippen LogP contribution in [0, 0.1) is 0 Å². The highest BCUT2D eigenvalue weighted by atomic mass is 32.1. The number of carbonyl (C=O) groups excluding carboxylic acids is 1. The van der Waals surface area contributed by atoms with E-state index in [-0.39, 0.29) is 17.9 Å². The van der Waals surface area contributed by atoms with Crippen LogP contribution < -0.4 is 10.6 Å². The third-order valence-corrected chi connectivity index (χ3v) is 4.90. The average molecular weight is 310 g/mol. The summed E-state index contributed by atoms with van der Waals surface area (Å²) >= 11 is 1.64. The maximum absolute atomic E-state index is 11.7. The highest BCUT2D eigenvalue weighted by Gasteiger charge is 2.42. The second-order valence-corrected chi connectivity index (χ2v) is 6.70. The predicted octanol–water partition coefficient (Wildman–Crippen LogP) is 2.62. The maximum atomic E-state index is 11.7. The molecule has 1 unspecified atom stereocenters. The summed E-state index contributed by atoms with van der Waals surface area (Å²) < 4.78 is 11.9. The van der Waals surface area contributed by atoms with Crippen LogP contribution in [0.5, 0.6) is 0 Å². The van der Waals surface area contributed by atoms with Crippen molar-refractivity contribution in [3.05, 3.63) is 22.4 Å². The fraction of sp³-hybridized carbons (Fsp3) is 0.667. The van der Waals surface area contributed by atoms with Crippen molar-refractivity contribution in [2.75, 3.05) is 13.2 Å². The van der Waals surface area contributed by atoms with Gasteiger partial charge in [-0.15, -0.1) is 11.3 Å². The summed E-state index contributed by atoms with van der Waals surface area (Å²) in [6.45, 7) is 1.64. The lowest BCUT2D eigenvalue weighted by Crippen LogP contribution is -2.41. The first-order chi connectivity index (χ1) is 10.3. The molecule has 0 radical (unpaired) electrons. The number of nitrogens with one attached hydrogen (secondary N) is 2. The Morgan fingerprint density at radius 3 is 2.95 bits per heavy atom. The first-order valence-corrected chi connectivity index (χ1v) is 8.50. The van der Waals surface area contributed by atoms with Gasteiger partial charge in [0.2, 0.25) is 0 Å². The average Bonchev–Trinajstić information content (AvgIpc) is 3.14. The third kappa shape index (κ3) is 3.96. The van der Waals surface area contributed by atoms with E-state index in [1.807, 2.05) is 17.5 Å². The molecule has 1 spiro atoms. The summed E-state index contributed by atoms with van der Waals surface area (Å²) in [5.74, 6) is -0.363. The highest BCUT2D eigenvalue weighted by Crippen LogP contribution is 2.37. The van der Waals surface area contributed by atoms with Crippen LogP contribution >= 0.6 is 11.3 Å². The summed E-state index contributed by atoms with van der Waals surface area (Å²) in [7, 11) is 0. The fourth-order valence-corrected chi connectivity index (χ4v) is 3.56. The van der Waals surface area contributed by atoms with E-state index in [9.17, 15) is 4.79 Å². The number of rotatable bonds is 4. The molecule has 116 valence electrons. The van der Waals surface area contributed by atoms with Gasteiger partial charge >= 0.3 is 6.03 Å². The lowest BCUT2D eigenvalue weighted by Gasteiger charge is -2.31. The molecule has 3 rings (SSSR count). The Kier molecular flexibility index (Phi) is 4.77. The molecule has 1 aromatic heterocycles. The standard InChI is InChI=1S/C15H22N2O3S/c18-14(17-10-13-5-4-8-21-13)16-9-12-11-19-15(20-12)6-2-1-3-7-15/h4-5,8,12H,1-3,6-7,9-11H2,(H2,16,17,18). The molecule has 2 fully saturated rings. The van der Waals surface area contributed by atoms with Gasteiger partial charge in [0.25, 0.3) is 0 Å². The molecule has 0 aromatic carbocycles. The number of ether oxygens (including phenoxy) is 2. The minimum atomic E-state index is -0.363. The fourth-order valence-electron chi connectivity index (χ4n) is 2.92. The van der Waals surface area contributed by atoms with Crippen LogP contribution in [-0.2, 0) is 16.0 Å².